The number of nitrogens with zero attached hydrogens (tertiary/aromatic N) is 1. The van der Waals surface area contributed by atoms with Gasteiger partial charge in [0.15, 0.2) is 0 Å². The fourth-order valence-electron chi connectivity index (χ4n) is 3.00. The molecule has 2 aromatic carbocycles. The number of benzene rings is 2. The van der Waals surface area contributed by atoms with Crippen LogP contribution in [0.4, 0.5) is 11.4 Å². The number of anilines is 2. The molecule has 118 valence electrons. The van der Waals surface area contributed by atoms with Gasteiger partial charge in [0.05, 0.1) is 12.1 Å². The molecule has 1 aliphatic rings. The van der Waals surface area contributed by atoms with Gasteiger partial charge >= 0.3 is 0 Å². The van der Waals surface area contributed by atoms with Crippen LogP contribution in [0.1, 0.15) is 23.1 Å². The summed E-state index contributed by atoms with van der Waals surface area (Å²) in [4.78, 5) is 26.3. The Labute approximate surface area is 136 Å². The van der Waals surface area contributed by atoms with Crippen molar-refractivity contribution in [2.45, 2.75) is 33.2 Å². The summed E-state index contributed by atoms with van der Waals surface area (Å²) in [6, 6.07) is 12.9. The highest BCUT2D eigenvalue weighted by Crippen LogP contribution is 2.27. The molecule has 1 aliphatic heterocycles. The number of carbonyl (C=O) groups is 2. The van der Waals surface area contributed by atoms with Crippen LogP contribution < -0.4 is 10.2 Å². The number of hydrogen-bond donors (Lipinski definition) is 1. The van der Waals surface area contributed by atoms with Gasteiger partial charge in [-0.3, -0.25) is 9.59 Å². The molecule has 0 aliphatic carbocycles. The number of rotatable bonds is 3. The fraction of sp³-hybridized carbons (Fsp3) is 0.263. The summed E-state index contributed by atoms with van der Waals surface area (Å²) in [5, 5.41) is 3.26. The molecule has 2 aromatic rings. The first-order valence-electron chi connectivity index (χ1n) is 7.73. The Morgan fingerprint density at radius 2 is 1.65 bits per heavy atom. The lowest BCUT2D eigenvalue weighted by molar-refractivity contribution is -0.121. The van der Waals surface area contributed by atoms with Gasteiger partial charge in [-0.1, -0.05) is 30.3 Å². The van der Waals surface area contributed by atoms with E-state index in [-0.39, 0.29) is 18.2 Å². The quantitative estimate of drug-likeness (QED) is 0.885. The number of carbonyl (C=O) groups excluding carboxylic acids is 2. The lowest BCUT2D eigenvalue weighted by Gasteiger charge is -2.18. The highest BCUT2D eigenvalue weighted by molar-refractivity contribution is 6.23. The molecule has 3 rings (SSSR count). The Kier molecular flexibility index (Phi) is 3.90. The Morgan fingerprint density at radius 3 is 2.30 bits per heavy atom. The largest absolute Gasteiger partial charge is 0.373 e. The van der Waals surface area contributed by atoms with Crippen LogP contribution in [0.25, 0.3) is 0 Å². The highest BCUT2D eigenvalue weighted by atomic mass is 16.2. The van der Waals surface area contributed by atoms with Crippen LogP contribution in [0.3, 0.4) is 0 Å². The molecule has 0 aromatic heterocycles. The van der Waals surface area contributed by atoms with E-state index in [1.54, 1.807) is 6.07 Å². The molecule has 0 saturated carbocycles. The number of imide groups is 1. The van der Waals surface area contributed by atoms with Crippen LogP contribution in [0.5, 0.6) is 0 Å². The van der Waals surface area contributed by atoms with E-state index in [1.807, 2.05) is 57.2 Å². The maximum Gasteiger partial charge on any atom is 0.256 e. The molecule has 1 atom stereocenters. The lowest BCUT2D eigenvalue weighted by atomic mass is 10.1. The number of amides is 2. The van der Waals surface area contributed by atoms with Crippen molar-refractivity contribution in [2.24, 2.45) is 0 Å². The van der Waals surface area contributed by atoms with Crippen molar-refractivity contribution in [1.82, 2.24) is 0 Å². The first kappa shape index (κ1) is 15.3. The zero-order valence-corrected chi connectivity index (χ0v) is 13.6. The SMILES string of the molecule is Cc1cccc(N2C(=O)CC(Nc3c(C)cccc3C)C2=O)c1. The fourth-order valence-corrected chi connectivity index (χ4v) is 3.00. The van der Waals surface area contributed by atoms with E-state index in [4.69, 9.17) is 0 Å². The van der Waals surface area contributed by atoms with Gasteiger partial charge in [-0.25, -0.2) is 4.90 Å². The van der Waals surface area contributed by atoms with Crippen molar-refractivity contribution >= 4 is 23.2 Å². The topological polar surface area (TPSA) is 49.4 Å². The van der Waals surface area contributed by atoms with Crippen LogP contribution in [0.15, 0.2) is 42.5 Å². The average Bonchev–Trinajstić information content (AvgIpc) is 2.77. The van der Waals surface area contributed by atoms with Gasteiger partial charge in [-0.15, -0.1) is 0 Å². The predicted molar refractivity (Wildman–Crippen MR) is 91.6 cm³/mol. The summed E-state index contributed by atoms with van der Waals surface area (Å²) in [5.41, 5.74) is 4.74. The minimum atomic E-state index is -0.511. The van der Waals surface area contributed by atoms with Crippen molar-refractivity contribution in [2.75, 3.05) is 10.2 Å². The van der Waals surface area contributed by atoms with Gasteiger partial charge in [-0.05, 0) is 49.6 Å². The second-order valence-corrected chi connectivity index (χ2v) is 6.07. The molecule has 1 unspecified atom stereocenters. The molecule has 2 amide bonds. The molecule has 23 heavy (non-hydrogen) atoms. The summed E-state index contributed by atoms with van der Waals surface area (Å²) in [6.45, 7) is 5.94. The van der Waals surface area contributed by atoms with Crippen molar-refractivity contribution in [1.29, 1.82) is 0 Å². The molecule has 4 nitrogen and oxygen atoms in total. The van der Waals surface area contributed by atoms with Gasteiger partial charge < -0.3 is 5.32 Å². The zero-order chi connectivity index (χ0) is 16.6. The Morgan fingerprint density at radius 1 is 1.00 bits per heavy atom. The van der Waals surface area contributed by atoms with Crippen molar-refractivity contribution in [3.05, 3.63) is 59.2 Å². The zero-order valence-electron chi connectivity index (χ0n) is 13.6. The Hall–Kier alpha value is -2.62. The first-order valence-corrected chi connectivity index (χ1v) is 7.73. The standard InChI is InChI=1S/C19H20N2O2/c1-12-6-4-9-15(10-12)21-17(22)11-16(19(21)23)20-18-13(2)7-5-8-14(18)3/h4-10,16,20H,11H2,1-3H3. The van der Waals surface area contributed by atoms with E-state index < -0.39 is 6.04 Å². The van der Waals surface area contributed by atoms with Crippen LogP contribution in [0, 0.1) is 20.8 Å². The van der Waals surface area contributed by atoms with Crippen LogP contribution in [-0.2, 0) is 9.59 Å². The van der Waals surface area contributed by atoms with E-state index in [2.05, 4.69) is 5.32 Å². The molecule has 0 bridgehead atoms. The maximum absolute atomic E-state index is 12.7. The van der Waals surface area contributed by atoms with Crippen molar-refractivity contribution in [3.8, 4) is 0 Å². The highest BCUT2D eigenvalue weighted by Gasteiger charge is 2.39. The number of aryl methyl sites for hydroxylation is 3. The normalized spacial score (nSPS) is 17.7. The van der Waals surface area contributed by atoms with E-state index in [1.165, 1.54) is 4.90 Å². The third-order valence-electron chi connectivity index (χ3n) is 4.21. The lowest BCUT2D eigenvalue weighted by Crippen LogP contribution is -2.35. The molecule has 0 spiro atoms. The van der Waals surface area contributed by atoms with E-state index in [9.17, 15) is 9.59 Å². The minimum absolute atomic E-state index is 0.163. The molecule has 1 fully saturated rings. The Bertz CT molecular complexity index is 762. The summed E-state index contributed by atoms with van der Waals surface area (Å²) >= 11 is 0. The summed E-state index contributed by atoms with van der Waals surface area (Å²) in [6.07, 6.45) is 0.181. The van der Waals surface area contributed by atoms with Crippen molar-refractivity contribution in [3.63, 3.8) is 0 Å². The van der Waals surface area contributed by atoms with Crippen LogP contribution in [0.2, 0.25) is 0 Å². The number of nitrogens with one attached hydrogen (secondary N) is 1. The van der Waals surface area contributed by atoms with Gasteiger partial charge in [0.2, 0.25) is 5.91 Å². The van der Waals surface area contributed by atoms with E-state index in [0.717, 1.165) is 22.4 Å². The molecular weight excluding hydrogens is 288 g/mol. The summed E-state index contributed by atoms with van der Waals surface area (Å²) < 4.78 is 0. The minimum Gasteiger partial charge on any atom is -0.373 e. The van der Waals surface area contributed by atoms with Gasteiger partial charge in [0.25, 0.3) is 5.91 Å². The molecule has 0 radical (unpaired) electrons. The van der Waals surface area contributed by atoms with Crippen LogP contribution in [-0.4, -0.2) is 17.9 Å². The first-order chi connectivity index (χ1) is 11.0. The average molecular weight is 308 g/mol. The number of para-hydroxylation sites is 1. The molecular formula is C19H20N2O2. The van der Waals surface area contributed by atoms with E-state index in [0.29, 0.717) is 5.69 Å². The van der Waals surface area contributed by atoms with Crippen LogP contribution >= 0.6 is 0 Å². The second kappa shape index (κ2) is 5.88. The molecule has 1 heterocycles. The van der Waals surface area contributed by atoms with Gasteiger partial charge in [0, 0.05) is 5.69 Å². The van der Waals surface area contributed by atoms with Gasteiger partial charge in [0.1, 0.15) is 6.04 Å². The Balaban J connectivity index is 1.87. The molecule has 1 saturated heterocycles. The maximum atomic E-state index is 12.7. The monoisotopic (exact) mass is 308 g/mol. The smallest absolute Gasteiger partial charge is 0.256 e. The summed E-state index contributed by atoms with van der Waals surface area (Å²) in [7, 11) is 0. The predicted octanol–water partition coefficient (Wildman–Crippen LogP) is 3.36. The van der Waals surface area contributed by atoms with Gasteiger partial charge in [-0.2, -0.15) is 0 Å². The number of hydrogen-bond acceptors (Lipinski definition) is 3. The molecule has 1 N–H and O–H groups in total. The summed E-state index contributed by atoms with van der Waals surface area (Å²) in [5.74, 6) is -0.354. The second-order valence-electron chi connectivity index (χ2n) is 6.07. The van der Waals surface area contributed by atoms with Crippen molar-refractivity contribution < 1.29 is 9.59 Å². The molecule has 4 heteroatoms. The third kappa shape index (κ3) is 2.84. The third-order valence-corrected chi connectivity index (χ3v) is 4.21. The van der Waals surface area contributed by atoms with E-state index >= 15 is 0 Å².